The van der Waals surface area contributed by atoms with E-state index in [1.165, 1.54) is 12.8 Å². The number of aryl methyl sites for hydroxylation is 1. The van der Waals surface area contributed by atoms with Crippen LogP contribution in [0.25, 0.3) is 0 Å². The number of ether oxygens (including phenoxy) is 2. The van der Waals surface area contributed by atoms with Gasteiger partial charge in [0, 0.05) is 11.4 Å². The molecule has 1 rings (SSSR count). The molecule has 0 aliphatic heterocycles. The van der Waals surface area contributed by atoms with E-state index in [0.29, 0.717) is 31.1 Å². The summed E-state index contributed by atoms with van der Waals surface area (Å²) in [5, 5.41) is 0.700. The molecule has 0 aliphatic rings. The van der Waals surface area contributed by atoms with Crippen molar-refractivity contribution in [2.75, 3.05) is 13.2 Å². The van der Waals surface area contributed by atoms with Crippen LogP contribution in [0.3, 0.4) is 0 Å². The van der Waals surface area contributed by atoms with Gasteiger partial charge in [-0.05, 0) is 43.5 Å². The van der Waals surface area contributed by atoms with Gasteiger partial charge < -0.3 is 9.47 Å². The van der Waals surface area contributed by atoms with Crippen LogP contribution in [0.1, 0.15) is 51.0 Å². The number of hydrogen-bond acceptors (Lipinski definition) is 3. The molecular formula is C17H25ClO3. The predicted molar refractivity (Wildman–Crippen MR) is 86.0 cm³/mol. The van der Waals surface area contributed by atoms with E-state index < -0.39 is 0 Å². The Hall–Kier alpha value is -1.22. The number of carbonyl (C=O) groups excluding carboxylic acids is 1. The lowest BCUT2D eigenvalue weighted by Crippen LogP contribution is -2.08. The van der Waals surface area contributed by atoms with Crippen molar-refractivity contribution in [1.29, 1.82) is 0 Å². The van der Waals surface area contributed by atoms with Gasteiger partial charge in [0.1, 0.15) is 5.75 Å². The number of halogens is 1. The lowest BCUT2D eigenvalue weighted by atomic mass is 10.2. The van der Waals surface area contributed by atoms with Crippen molar-refractivity contribution in [1.82, 2.24) is 0 Å². The lowest BCUT2D eigenvalue weighted by molar-refractivity contribution is -0.144. The molecule has 3 nitrogen and oxygen atoms in total. The molecule has 118 valence electrons. The highest BCUT2D eigenvalue weighted by atomic mass is 35.5. The fourth-order valence-corrected chi connectivity index (χ4v) is 2.19. The zero-order valence-corrected chi connectivity index (χ0v) is 13.7. The van der Waals surface area contributed by atoms with Crippen LogP contribution in [0.2, 0.25) is 5.02 Å². The van der Waals surface area contributed by atoms with E-state index in [4.69, 9.17) is 21.1 Å². The molecule has 0 aromatic heterocycles. The summed E-state index contributed by atoms with van der Waals surface area (Å²) < 4.78 is 10.8. The smallest absolute Gasteiger partial charge is 0.305 e. The summed E-state index contributed by atoms with van der Waals surface area (Å²) in [6, 6.07) is 5.51. The fourth-order valence-electron chi connectivity index (χ4n) is 1.96. The molecule has 0 radical (unpaired) electrons. The van der Waals surface area contributed by atoms with Crippen molar-refractivity contribution < 1.29 is 14.3 Å². The first-order valence-corrected chi connectivity index (χ1v) is 8.06. The van der Waals surface area contributed by atoms with E-state index in [0.717, 1.165) is 24.2 Å². The maximum Gasteiger partial charge on any atom is 0.305 e. The standard InChI is InChI=1S/C17H25ClO3/c1-3-4-5-6-11-21-17(19)8-7-12-20-16-10-9-15(18)13-14(16)2/h9-10,13H,3-8,11-12H2,1-2H3. The fraction of sp³-hybridized carbons (Fsp3) is 0.588. The number of benzene rings is 1. The second-order valence-corrected chi connectivity index (χ2v) is 5.58. The molecule has 0 fully saturated rings. The molecule has 0 spiro atoms. The van der Waals surface area contributed by atoms with E-state index in [1.54, 1.807) is 6.07 Å². The van der Waals surface area contributed by atoms with Gasteiger partial charge >= 0.3 is 5.97 Å². The van der Waals surface area contributed by atoms with Crippen LogP contribution in [-0.2, 0) is 9.53 Å². The molecule has 0 aliphatic carbocycles. The Balaban J connectivity index is 2.09. The number of rotatable bonds is 10. The summed E-state index contributed by atoms with van der Waals surface area (Å²) in [5.41, 5.74) is 1.00. The second-order valence-electron chi connectivity index (χ2n) is 5.14. The maximum absolute atomic E-state index is 11.5. The van der Waals surface area contributed by atoms with Crippen molar-refractivity contribution in [2.24, 2.45) is 0 Å². The van der Waals surface area contributed by atoms with Gasteiger partial charge in [-0.25, -0.2) is 0 Å². The molecule has 0 N–H and O–H groups in total. The lowest BCUT2D eigenvalue weighted by Gasteiger charge is -2.09. The van der Waals surface area contributed by atoms with E-state index in [9.17, 15) is 4.79 Å². The molecule has 0 atom stereocenters. The number of carbonyl (C=O) groups is 1. The summed E-state index contributed by atoms with van der Waals surface area (Å²) >= 11 is 5.88. The maximum atomic E-state index is 11.5. The second kappa shape index (κ2) is 10.5. The van der Waals surface area contributed by atoms with Crippen LogP contribution in [0.4, 0.5) is 0 Å². The minimum atomic E-state index is -0.136. The van der Waals surface area contributed by atoms with Gasteiger partial charge in [-0.2, -0.15) is 0 Å². The van der Waals surface area contributed by atoms with Gasteiger partial charge in [-0.15, -0.1) is 0 Å². The van der Waals surface area contributed by atoms with E-state index in [-0.39, 0.29) is 5.97 Å². The molecule has 0 saturated carbocycles. The number of hydrogen-bond donors (Lipinski definition) is 0. The summed E-state index contributed by atoms with van der Waals surface area (Å²) in [6.45, 7) is 5.16. The normalized spacial score (nSPS) is 10.4. The first-order chi connectivity index (χ1) is 10.1. The van der Waals surface area contributed by atoms with E-state index >= 15 is 0 Å². The SMILES string of the molecule is CCCCCCOC(=O)CCCOc1ccc(Cl)cc1C. The largest absolute Gasteiger partial charge is 0.493 e. The number of unbranched alkanes of at least 4 members (excludes halogenated alkanes) is 3. The molecule has 1 aromatic rings. The Bertz CT molecular complexity index is 432. The summed E-state index contributed by atoms with van der Waals surface area (Å²) in [6.07, 6.45) is 5.54. The molecule has 21 heavy (non-hydrogen) atoms. The van der Waals surface area contributed by atoms with E-state index in [1.807, 2.05) is 19.1 Å². The Morgan fingerprint density at radius 2 is 1.95 bits per heavy atom. The molecule has 0 amide bonds. The average molecular weight is 313 g/mol. The number of esters is 1. The van der Waals surface area contributed by atoms with Crippen LogP contribution in [-0.4, -0.2) is 19.2 Å². The highest BCUT2D eigenvalue weighted by molar-refractivity contribution is 6.30. The third-order valence-corrected chi connectivity index (χ3v) is 3.42. The topological polar surface area (TPSA) is 35.5 Å². The highest BCUT2D eigenvalue weighted by Gasteiger charge is 2.04. The van der Waals surface area contributed by atoms with Gasteiger partial charge in [-0.1, -0.05) is 37.8 Å². The quantitative estimate of drug-likeness (QED) is 0.454. The van der Waals surface area contributed by atoms with Crippen molar-refractivity contribution in [3.05, 3.63) is 28.8 Å². The molecule has 1 aromatic carbocycles. The van der Waals surface area contributed by atoms with Crippen LogP contribution in [0.5, 0.6) is 5.75 Å². The molecule has 0 saturated heterocycles. The van der Waals surface area contributed by atoms with Crippen molar-refractivity contribution in [3.63, 3.8) is 0 Å². The Morgan fingerprint density at radius 1 is 1.14 bits per heavy atom. The van der Waals surface area contributed by atoms with Crippen LogP contribution in [0, 0.1) is 6.92 Å². The molecule has 0 bridgehead atoms. The first-order valence-electron chi connectivity index (χ1n) is 7.68. The molecule has 4 heteroatoms. The highest BCUT2D eigenvalue weighted by Crippen LogP contribution is 2.21. The molecule has 0 unspecified atom stereocenters. The Labute approximate surface area is 132 Å². The molecule has 0 heterocycles. The van der Waals surface area contributed by atoms with Gasteiger partial charge in [0.15, 0.2) is 0 Å². The monoisotopic (exact) mass is 312 g/mol. The minimum Gasteiger partial charge on any atom is -0.493 e. The van der Waals surface area contributed by atoms with Gasteiger partial charge in [-0.3, -0.25) is 4.79 Å². The van der Waals surface area contributed by atoms with Crippen LogP contribution in [0.15, 0.2) is 18.2 Å². The van der Waals surface area contributed by atoms with Crippen LogP contribution < -0.4 is 4.74 Å². The molecular weight excluding hydrogens is 288 g/mol. The average Bonchev–Trinajstić information content (AvgIpc) is 2.45. The zero-order valence-electron chi connectivity index (χ0n) is 13.0. The van der Waals surface area contributed by atoms with Gasteiger partial charge in [0.25, 0.3) is 0 Å². The van der Waals surface area contributed by atoms with Gasteiger partial charge in [0.2, 0.25) is 0 Å². The van der Waals surface area contributed by atoms with Gasteiger partial charge in [0.05, 0.1) is 13.2 Å². The van der Waals surface area contributed by atoms with Crippen molar-refractivity contribution >= 4 is 17.6 Å². The van der Waals surface area contributed by atoms with E-state index in [2.05, 4.69) is 6.92 Å². The predicted octanol–water partition coefficient (Wildman–Crippen LogP) is 4.93. The Kier molecular flexibility index (Phi) is 8.91. The van der Waals surface area contributed by atoms with Crippen molar-refractivity contribution in [3.8, 4) is 5.75 Å². The van der Waals surface area contributed by atoms with Crippen LogP contribution >= 0.6 is 11.6 Å². The zero-order chi connectivity index (χ0) is 15.5. The van der Waals surface area contributed by atoms with Crippen molar-refractivity contribution in [2.45, 2.75) is 52.4 Å². The third kappa shape index (κ3) is 7.96. The Morgan fingerprint density at radius 3 is 2.67 bits per heavy atom. The first kappa shape index (κ1) is 17.8. The third-order valence-electron chi connectivity index (χ3n) is 3.18. The summed E-state index contributed by atoms with van der Waals surface area (Å²) in [7, 11) is 0. The summed E-state index contributed by atoms with van der Waals surface area (Å²) in [5.74, 6) is 0.676. The minimum absolute atomic E-state index is 0.136. The summed E-state index contributed by atoms with van der Waals surface area (Å²) in [4.78, 5) is 11.5.